The van der Waals surface area contributed by atoms with Crippen molar-refractivity contribution in [3.8, 4) is 28.1 Å². The average Bonchev–Trinajstić information content (AvgIpc) is 3.80. The van der Waals surface area contributed by atoms with E-state index in [1.54, 1.807) is 29.2 Å². The molecule has 3 atom stereocenters. The largest absolute Gasteiger partial charge is 0.494 e. The minimum absolute atomic E-state index is 0.0280. The van der Waals surface area contributed by atoms with Crippen LogP contribution in [0.3, 0.4) is 0 Å². The summed E-state index contributed by atoms with van der Waals surface area (Å²) in [6.07, 6.45) is 7.90. The predicted octanol–water partition coefficient (Wildman–Crippen LogP) is 2.88. The maximum absolute atomic E-state index is 14.4. The van der Waals surface area contributed by atoms with E-state index in [0.29, 0.717) is 54.3 Å². The summed E-state index contributed by atoms with van der Waals surface area (Å²) in [5, 5.41) is 18.3. The van der Waals surface area contributed by atoms with Gasteiger partial charge >= 0.3 is 0 Å². The van der Waals surface area contributed by atoms with E-state index in [4.69, 9.17) is 15.6 Å². The van der Waals surface area contributed by atoms with Crippen LogP contribution in [0.25, 0.3) is 28.2 Å². The van der Waals surface area contributed by atoms with Crippen LogP contribution < -0.4 is 21.1 Å². The topological polar surface area (TPSA) is 169 Å². The van der Waals surface area contributed by atoms with E-state index in [1.165, 1.54) is 19.5 Å². The number of nitrogens with zero attached hydrogens (tertiary/aromatic N) is 6. The van der Waals surface area contributed by atoms with Gasteiger partial charge in [-0.2, -0.15) is 10.2 Å². The molecule has 0 aliphatic carbocycles. The van der Waals surface area contributed by atoms with Crippen LogP contribution in [0.1, 0.15) is 48.3 Å². The van der Waals surface area contributed by atoms with Gasteiger partial charge in [-0.05, 0) is 62.4 Å². The number of nitrogens with one attached hydrogen (secondary N) is 3. The molecule has 1 amide bonds. The second-order valence-electron chi connectivity index (χ2n) is 12.6. The summed E-state index contributed by atoms with van der Waals surface area (Å²) in [7, 11) is 1.43. The highest BCUT2D eigenvalue weighted by molar-refractivity contribution is 6.05. The van der Waals surface area contributed by atoms with Crippen LogP contribution in [0.15, 0.2) is 48.6 Å². The molecule has 3 aromatic heterocycles. The quantitative estimate of drug-likeness (QED) is 0.259. The Kier molecular flexibility index (Phi) is 6.46. The smallest absolute Gasteiger partial charge is 0.291 e. The van der Waals surface area contributed by atoms with Crippen molar-refractivity contribution in [2.45, 2.75) is 62.7 Å². The molecule has 2 bridgehead atoms. The number of hydrogen-bond donors (Lipinski definition) is 4. The number of H-pyrrole nitrogens is 1. The maximum Gasteiger partial charge on any atom is 0.291 e. The van der Waals surface area contributed by atoms with Gasteiger partial charge in [0.05, 0.1) is 30.6 Å². The molecule has 2 saturated heterocycles. The zero-order chi connectivity index (χ0) is 31.7. The number of pyridine rings is 1. The summed E-state index contributed by atoms with van der Waals surface area (Å²) < 4.78 is 21.2. The molecule has 3 unspecified atom stereocenters. The Hall–Kier alpha value is -5.11. The summed E-state index contributed by atoms with van der Waals surface area (Å²) in [6.45, 7) is 2.47. The van der Waals surface area contributed by atoms with Crippen LogP contribution in [-0.4, -0.2) is 83.9 Å². The number of carbonyl (C=O) groups excluding carboxylic acids is 2. The van der Waals surface area contributed by atoms with Crippen molar-refractivity contribution >= 4 is 23.3 Å². The molecule has 0 saturated carbocycles. The molecule has 1 aromatic carbocycles. The molecule has 2 fully saturated rings. The highest BCUT2D eigenvalue weighted by atomic mass is 19.1. The number of ketones is 1. The molecule has 14 heteroatoms. The molecule has 7 heterocycles. The van der Waals surface area contributed by atoms with E-state index < -0.39 is 17.4 Å². The second-order valence-corrected chi connectivity index (χ2v) is 12.6. The van der Waals surface area contributed by atoms with Crippen LogP contribution >= 0.6 is 0 Å². The number of halogens is 1. The number of fused-ring (bicyclic) bond motifs is 4. The first kappa shape index (κ1) is 28.4. The van der Waals surface area contributed by atoms with Gasteiger partial charge in [0.15, 0.2) is 17.3 Å². The number of Topliss-reactive ketones (excluding diaryl/α,β-unsaturated/α-hetero) is 1. The minimum Gasteiger partial charge on any atom is -0.494 e. The third-order valence-corrected chi connectivity index (χ3v) is 9.88. The number of carbonyl (C=O) groups is 2. The fourth-order valence-corrected chi connectivity index (χ4v) is 7.78. The normalized spacial score (nSPS) is 25.1. The Morgan fingerprint density at radius 3 is 2.63 bits per heavy atom. The lowest BCUT2D eigenvalue weighted by atomic mass is 9.73. The Morgan fingerprint density at radius 1 is 1.13 bits per heavy atom. The standard InChI is InChI=1S/C32H33FN10O3/c1-16-9-23(17-3-6-25(46-2)22(33)10-17)36-13-20(16)21-14-39-43-29(21)40-27(26-24(44)7-8-35-30(26)43)32(34)11-18-4-5-19(12-32)42(18)31(45)28-37-15-38-41-28/h3,6,9-10,13-15,18-19,27,35,40H,4-5,7-8,11-12,34H2,1-2H3,(H,37,38,41). The summed E-state index contributed by atoms with van der Waals surface area (Å²) in [6, 6.07) is 5.99. The van der Waals surface area contributed by atoms with E-state index in [2.05, 4.69) is 30.8 Å². The van der Waals surface area contributed by atoms with Gasteiger partial charge in [0, 0.05) is 53.5 Å². The molecular weight excluding hydrogens is 591 g/mol. The van der Waals surface area contributed by atoms with Crippen molar-refractivity contribution < 1.29 is 18.7 Å². The van der Waals surface area contributed by atoms with Crippen LogP contribution in [0.4, 0.5) is 10.2 Å². The molecule has 4 aromatic rings. The van der Waals surface area contributed by atoms with Gasteiger partial charge in [-0.3, -0.25) is 19.7 Å². The number of benzene rings is 1. The van der Waals surface area contributed by atoms with Crippen LogP contribution in [0.5, 0.6) is 5.75 Å². The SMILES string of the molecule is COc1ccc(-c2cc(C)c(-c3cnn4c3NC(C3(N)CC5CCC(C3)N5C(=O)c3ncn[nH]3)C3=C4NCCC3=O)cn2)cc1F. The van der Waals surface area contributed by atoms with Gasteiger partial charge in [-0.15, -0.1) is 0 Å². The average molecular weight is 625 g/mol. The molecule has 8 rings (SSSR count). The zero-order valence-corrected chi connectivity index (χ0v) is 25.4. The van der Waals surface area contributed by atoms with Crippen LogP contribution in [0.2, 0.25) is 0 Å². The lowest BCUT2D eigenvalue weighted by molar-refractivity contribution is -0.116. The number of nitrogens with two attached hydrogens (primary N) is 1. The lowest BCUT2D eigenvalue weighted by Gasteiger charge is -2.50. The summed E-state index contributed by atoms with van der Waals surface area (Å²) in [4.78, 5) is 37.5. The zero-order valence-electron chi connectivity index (χ0n) is 25.4. The van der Waals surface area contributed by atoms with E-state index >= 15 is 0 Å². The molecule has 5 N–H and O–H groups in total. The van der Waals surface area contributed by atoms with E-state index in [0.717, 1.165) is 29.5 Å². The van der Waals surface area contributed by atoms with E-state index in [1.807, 2.05) is 17.9 Å². The van der Waals surface area contributed by atoms with Crippen molar-refractivity contribution in [1.82, 2.24) is 40.2 Å². The summed E-state index contributed by atoms with van der Waals surface area (Å²) >= 11 is 0. The van der Waals surface area contributed by atoms with Gasteiger partial charge in [0.25, 0.3) is 5.91 Å². The van der Waals surface area contributed by atoms with Gasteiger partial charge in [0.2, 0.25) is 5.82 Å². The summed E-state index contributed by atoms with van der Waals surface area (Å²) in [5.74, 6) is 1.12. The van der Waals surface area contributed by atoms with Gasteiger partial charge < -0.3 is 26.0 Å². The number of piperidine rings is 1. The van der Waals surface area contributed by atoms with Crippen molar-refractivity contribution in [2.24, 2.45) is 5.73 Å². The fourth-order valence-electron chi connectivity index (χ4n) is 7.78. The highest BCUT2D eigenvalue weighted by Crippen LogP contribution is 2.47. The third kappa shape index (κ3) is 4.30. The number of hydrogen-bond acceptors (Lipinski definition) is 10. The first-order valence-electron chi connectivity index (χ1n) is 15.4. The fraction of sp³-hybridized carbons (Fsp3) is 0.375. The molecule has 13 nitrogen and oxygen atoms in total. The van der Waals surface area contributed by atoms with E-state index in [9.17, 15) is 14.0 Å². The molecule has 0 spiro atoms. The Morgan fingerprint density at radius 2 is 1.93 bits per heavy atom. The third-order valence-electron chi connectivity index (χ3n) is 9.88. The molecule has 4 aliphatic rings. The number of rotatable bonds is 5. The lowest BCUT2D eigenvalue weighted by Crippen LogP contribution is -2.66. The molecule has 0 radical (unpaired) electrons. The summed E-state index contributed by atoms with van der Waals surface area (Å²) in [5.41, 5.74) is 10.9. The Bertz CT molecular complexity index is 1900. The van der Waals surface area contributed by atoms with Gasteiger partial charge in [0.1, 0.15) is 18.0 Å². The first-order valence-corrected chi connectivity index (χ1v) is 15.4. The number of anilines is 1. The van der Waals surface area contributed by atoms with Crippen LogP contribution in [0, 0.1) is 12.7 Å². The number of aromatic amines is 1. The number of aryl methyl sites for hydroxylation is 1. The minimum atomic E-state index is -0.818. The van der Waals surface area contributed by atoms with E-state index in [-0.39, 0.29) is 35.3 Å². The predicted molar refractivity (Wildman–Crippen MR) is 166 cm³/mol. The molecular formula is C32H33FN10O3. The van der Waals surface area contributed by atoms with Crippen molar-refractivity contribution in [3.63, 3.8) is 0 Å². The molecule has 236 valence electrons. The van der Waals surface area contributed by atoms with Crippen molar-refractivity contribution in [3.05, 3.63) is 65.8 Å². The Labute approximate surface area is 263 Å². The highest BCUT2D eigenvalue weighted by Gasteiger charge is 2.55. The van der Waals surface area contributed by atoms with Crippen molar-refractivity contribution in [2.75, 3.05) is 19.0 Å². The Balaban J connectivity index is 1.15. The number of amides is 1. The van der Waals surface area contributed by atoms with Crippen molar-refractivity contribution in [1.29, 1.82) is 0 Å². The second kappa shape index (κ2) is 10.5. The maximum atomic E-state index is 14.4. The number of methoxy groups -OCH3 is 1. The molecule has 46 heavy (non-hydrogen) atoms. The van der Waals surface area contributed by atoms with Gasteiger partial charge in [-0.1, -0.05) is 0 Å². The molecule has 4 aliphatic heterocycles. The monoisotopic (exact) mass is 624 g/mol. The first-order chi connectivity index (χ1) is 22.3. The van der Waals surface area contributed by atoms with Gasteiger partial charge in [-0.25, -0.2) is 14.1 Å². The number of ether oxygens (including phenoxy) is 1. The number of aromatic nitrogens is 6. The van der Waals surface area contributed by atoms with Crippen LogP contribution in [-0.2, 0) is 4.79 Å².